The van der Waals surface area contributed by atoms with Gasteiger partial charge in [0.25, 0.3) is 5.91 Å². The lowest BCUT2D eigenvalue weighted by Gasteiger charge is -2.26. The smallest absolute Gasteiger partial charge is 0.272 e. The molecule has 2 unspecified atom stereocenters. The van der Waals surface area contributed by atoms with Crippen LogP contribution in [0.4, 0.5) is 0 Å². The van der Waals surface area contributed by atoms with Gasteiger partial charge in [0.15, 0.2) is 0 Å². The van der Waals surface area contributed by atoms with Gasteiger partial charge in [-0.15, -0.1) is 0 Å². The summed E-state index contributed by atoms with van der Waals surface area (Å²) in [7, 11) is 0. The second-order valence-corrected chi connectivity index (χ2v) is 5.05. The van der Waals surface area contributed by atoms with Crippen molar-refractivity contribution in [3.63, 3.8) is 0 Å². The highest BCUT2D eigenvalue weighted by Gasteiger charge is 2.40. The Labute approximate surface area is 101 Å². The minimum atomic E-state index is 0.0840. The van der Waals surface area contributed by atoms with Crippen LogP contribution in [0.25, 0.3) is 0 Å². The molecule has 2 fully saturated rings. The Kier molecular flexibility index (Phi) is 2.59. The van der Waals surface area contributed by atoms with Crippen molar-refractivity contribution < 1.29 is 4.79 Å². The SMILES string of the molecule is NCc1ccc(C(=O)N2CC3CCC2C3)nc1. The van der Waals surface area contributed by atoms with Crippen LogP contribution in [0.1, 0.15) is 35.3 Å². The predicted molar refractivity (Wildman–Crippen MR) is 64.3 cm³/mol. The fourth-order valence-electron chi connectivity index (χ4n) is 2.99. The number of amides is 1. The van der Waals surface area contributed by atoms with Gasteiger partial charge in [0, 0.05) is 25.3 Å². The Bertz CT molecular complexity index is 429. The number of nitrogens with zero attached hydrogens (tertiary/aromatic N) is 2. The Hall–Kier alpha value is -1.42. The highest BCUT2D eigenvalue weighted by atomic mass is 16.2. The van der Waals surface area contributed by atoms with Crippen LogP contribution in [0.2, 0.25) is 0 Å². The monoisotopic (exact) mass is 231 g/mol. The average molecular weight is 231 g/mol. The molecule has 1 saturated heterocycles. The summed E-state index contributed by atoms with van der Waals surface area (Å²) in [5.74, 6) is 0.813. The lowest BCUT2D eigenvalue weighted by molar-refractivity contribution is 0.0697. The normalized spacial score (nSPS) is 26.5. The molecule has 1 aliphatic carbocycles. The average Bonchev–Trinajstić information content (AvgIpc) is 3.00. The second kappa shape index (κ2) is 4.11. The summed E-state index contributed by atoms with van der Waals surface area (Å²) < 4.78 is 0. The van der Waals surface area contributed by atoms with E-state index >= 15 is 0 Å². The summed E-state index contributed by atoms with van der Waals surface area (Å²) in [5.41, 5.74) is 7.03. The van der Waals surface area contributed by atoms with E-state index in [9.17, 15) is 4.79 Å². The third-order valence-corrected chi connectivity index (χ3v) is 3.95. The van der Waals surface area contributed by atoms with Crippen LogP contribution < -0.4 is 5.73 Å². The number of aromatic nitrogens is 1. The molecule has 2 heterocycles. The summed E-state index contributed by atoms with van der Waals surface area (Å²) in [6.45, 7) is 1.39. The molecule has 2 aliphatic rings. The van der Waals surface area contributed by atoms with E-state index in [1.807, 2.05) is 11.0 Å². The first kappa shape index (κ1) is 10.7. The van der Waals surface area contributed by atoms with Gasteiger partial charge in [0.2, 0.25) is 0 Å². The van der Waals surface area contributed by atoms with Crippen molar-refractivity contribution in [1.82, 2.24) is 9.88 Å². The highest BCUT2D eigenvalue weighted by molar-refractivity contribution is 5.92. The van der Waals surface area contributed by atoms with Crippen molar-refractivity contribution in [3.05, 3.63) is 29.6 Å². The molecule has 2 atom stereocenters. The summed E-state index contributed by atoms with van der Waals surface area (Å²) in [5, 5.41) is 0. The molecule has 1 aliphatic heterocycles. The number of nitrogens with two attached hydrogens (primary N) is 1. The summed E-state index contributed by atoms with van der Waals surface area (Å²) in [6.07, 6.45) is 5.33. The van der Waals surface area contributed by atoms with Crippen LogP contribution in [-0.2, 0) is 6.54 Å². The van der Waals surface area contributed by atoms with Crippen LogP contribution >= 0.6 is 0 Å². The minimum Gasteiger partial charge on any atom is -0.334 e. The minimum absolute atomic E-state index is 0.0840. The largest absolute Gasteiger partial charge is 0.334 e. The third-order valence-electron chi connectivity index (χ3n) is 3.95. The van der Waals surface area contributed by atoms with Gasteiger partial charge in [-0.3, -0.25) is 9.78 Å². The van der Waals surface area contributed by atoms with Crippen LogP contribution in [0.15, 0.2) is 18.3 Å². The maximum atomic E-state index is 12.3. The first-order valence-electron chi connectivity index (χ1n) is 6.24. The topological polar surface area (TPSA) is 59.2 Å². The van der Waals surface area contributed by atoms with Crippen LogP contribution in [0, 0.1) is 5.92 Å². The zero-order valence-electron chi connectivity index (χ0n) is 9.80. The van der Waals surface area contributed by atoms with E-state index < -0.39 is 0 Å². The summed E-state index contributed by atoms with van der Waals surface area (Å²) >= 11 is 0. The van der Waals surface area contributed by atoms with Gasteiger partial charge >= 0.3 is 0 Å². The standard InChI is InChI=1S/C13H17N3O/c14-6-10-2-4-12(15-7-10)13(17)16-8-9-1-3-11(16)5-9/h2,4,7,9,11H,1,3,5-6,8,14H2. The number of likely N-dealkylation sites (tertiary alicyclic amines) is 1. The van der Waals surface area contributed by atoms with E-state index in [1.54, 1.807) is 12.3 Å². The molecular formula is C13H17N3O. The number of rotatable bonds is 2. The number of pyridine rings is 1. The van der Waals surface area contributed by atoms with E-state index in [1.165, 1.54) is 12.8 Å². The van der Waals surface area contributed by atoms with Crippen molar-refractivity contribution in [3.8, 4) is 0 Å². The maximum Gasteiger partial charge on any atom is 0.272 e. The number of fused-ring (bicyclic) bond motifs is 2. The lowest BCUT2D eigenvalue weighted by Crippen LogP contribution is -2.38. The maximum absolute atomic E-state index is 12.3. The Morgan fingerprint density at radius 2 is 2.35 bits per heavy atom. The zero-order chi connectivity index (χ0) is 11.8. The molecule has 2 N–H and O–H groups in total. The highest BCUT2D eigenvalue weighted by Crippen LogP contribution is 2.37. The van der Waals surface area contributed by atoms with Crippen LogP contribution in [-0.4, -0.2) is 28.4 Å². The molecule has 17 heavy (non-hydrogen) atoms. The predicted octanol–water partition coefficient (Wildman–Crippen LogP) is 1.16. The Morgan fingerprint density at radius 3 is 2.88 bits per heavy atom. The number of carbonyl (C=O) groups excluding carboxylic acids is 1. The third kappa shape index (κ3) is 1.82. The van der Waals surface area contributed by atoms with Crippen molar-refractivity contribution in [1.29, 1.82) is 0 Å². The molecule has 0 aromatic carbocycles. The molecule has 0 radical (unpaired) electrons. The van der Waals surface area contributed by atoms with Crippen LogP contribution in [0.3, 0.4) is 0 Å². The fraction of sp³-hybridized carbons (Fsp3) is 0.538. The van der Waals surface area contributed by atoms with Gasteiger partial charge < -0.3 is 10.6 Å². The van der Waals surface area contributed by atoms with Gasteiger partial charge in [0.05, 0.1) is 0 Å². The van der Waals surface area contributed by atoms with Gasteiger partial charge in [-0.05, 0) is 36.8 Å². The van der Waals surface area contributed by atoms with Crippen molar-refractivity contribution >= 4 is 5.91 Å². The first-order valence-corrected chi connectivity index (χ1v) is 6.24. The Balaban J connectivity index is 1.77. The molecule has 90 valence electrons. The van der Waals surface area contributed by atoms with Gasteiger partial charge in [-0.2, -0.15) is 0 Å². The zero-order valence-corrected chi connectivity index (χ0v) is 9.80. The molecule has 1 amide bonds. The van der Waals surface area contributed by atoms with E-state index in [0.717, 1.165) is 24.4 Å². The molecule has 4 nitrogen and oxygen atoms in total. The molecule has 1 aromatic heterocycles. The fourth-order valence-corrected chi connectivity index (χ4v) is 2.99. The molecule has 4 heteroatoms. The first-order chi connectivity index (χ1) is 8.28. The molecule has 1 aromatic rings. The number of piperidine rings is 1. The quantitative estimate of drug-likeness (QED) is 0.831. The van der Waals surface area contributed by atoms with Crippen molar-refractivity contribution in [2.75, 3.05) is 6.54 Å². The molecule has 1 saturated carbocycles. The Morgan fingerprint density at radius 1 is 1.47 bits per heavy atom. The van der Waals surface area contributed by atoms with E-state index in [2.05, 4.69) is 4.98 Å². The molecule has 3 rings (SSSR count). The van der Waals surface area contributed by atoms with Crippen molar-refractivity contribution in [2.24, 2.45) is 11.7 Å². The lowest BCUT2D eigenvalue weighted by atomic mass is 10.1. The van der Waals surface area contributed by atoms with E-state index in [-0.39, 0.29) is 5.91 Å². The van der Waals surface area contributed by atoms with Crippen LogP contribution in [0.5, 0.6) is 0 Å². The second-order valence-electron chi connectivity index (χ2n) is 5.05. The van der Waals surface area contributed by atoms with E-state index in [0.29, 0.717) is 18.3 Å². The van der Waals surface area contributed by atoms with E-state index in [4.69, 9.17) is 5.73 Å². The van der Waals surface area contributed by atoms with Gasteiger partial charge in [-0.1, -0.05) is 6.07 Å². The molecule has 2 bridgehead atoms. The van der Waals surface area contributed by atoms with Gasteiger partial charge in [-0.25, -0.2) is 0 Å². The summed E-state index contributed by atoms with van der Waals surface area (Å²) in [4.78, 5) is 18.5. The molecular weight excluding hydrogens is 214 g/mol. The number of hydrogen-bond donors (Lipinski definition) is 1. The summed E-state index contributed by atoms with van der Waals surface area (Å²) in [6, 6.07) is 4.13. The number of carbonyl (C=O) groups is 1. The molecule has 0 spiro atoms. The number of hydrogen-bond acceptors (Lipinski definition) is 3. The van der Waals surface area contributed by atoms with Gasteiger partial charge in [0.1, 0.15) is 5.69 Å². The van der Waals surface area contributed by atoms with Crippen molar-refractivity contribution in [2.45, 2.75) is 31.8 Å².